The van der Waals surface area contributed by atoms with Gasteiger partial charge in [0.05, 0.1) is 11.4 Å². The van der Waals surface area contributed by atoms with E-state index < -0.39 is 10.0 Å². The largest absolute Gasteiger partial charge is 0.472 e. The molecule has 9 nitrogen and oxygen atoms in total. The maximum Gasteiger partial charge on any atom is 0.251 e. The molecule has 0 bridgehead atoms. The fourth-order valence-corrected chi connectivity index (χ4v) is 4.84. The number of rotatable bonds is 5. The minimum absolute atomic E-state index is 0.114. The van der Waals surface area contributed by atoms with Crippen molar-refractivity contribution in [1.82, 2.24) is 24.9 Å². The van der Waals surface area contributed by atoms with Crippen molar-refractivity contribution in [3.63, 3.8) is 0 Å². The SMILES string of the molecule is Cc1n[nH]c(C)c1S(=O)(=O)NC1CCC(Oc2nccnc2C#N)CC1. The van der Waals surface area contributed by atoms with Gasteiger partial charge in [-0.3, -0.25) is 5.10 Å². The summed E-state index contributed by atoms with van der Waals surface area (Å²) >= 11 is 0. The minimum atomic E-state index is -3.61. The maximum atomic E-state index is 12.6. The fraction of sp³-hybridized carbons (Fsp3) is 0.500. The molecule has 0 saturated heterocycles. The molecule has 0 unspecified atom stereocenters. The van der Waals surface area contributed by atoms with Gasteiger partial charge in [-0.25, -0.2) is 23.1 Å². The number of sulfonamides is 1. The number of nitrogens with zero attached hydrogens (tertiary/aromatic N) is 4. The summed E-state index contributed by atoms with van der Waals surface area (Å²) in [6, 6.07) is 1.79. The number of nitrogens with one attached hydrogen (secondary N) is 2. The van der Waals surface area contributed by atoms with Gasteiger partial charge in [-0.2, -0.15) is 10.4 Å². The van der Waals surface area contributed by atoms with Crippen molar-refractivity contribution in [2.45, 2.75) is 56.6 Å². The third-order valence-electron chi connectivity index (χ3n) is 4.37. The molecule has 1 fully saturated rings. The lowest BCUT2D eigenvalue weighted by Gasteiger charge is -2.29. The Morgan fingerprint density at radius 2 is 1.92 bits per heavy atom. The number of hydrogen-bond donors (Lipinski definition) is 2. The van der Waals surface area contributed by atoms with Crippen molar-refractivity contribution < 1.29 is 13.2 Å². The average molecular weight is 376 g/mol. The molecule has 10 heteroatoms. The van der Waals surface area contributed by atoms with Gasteiger partial charge < -0.3 is 4.74 Å². The highest BCUT2D eigenvalue weighted by Gasteiger charge is 2.29. The summed E-state index contributed by atoms with van der Waals surface area (Å²) in [4.78, 5) is 8.18. The van der Waals surface area contributed by atoms with Gasteiger partial charge in [0.2, 0.25) is 15.7 Å². The molecule has 2 N–H and O–H groups in total. The first-order chi connectivity index (χ1) is 12.4. The van der Waals surface area contributed by atoms with Gasteiger partial charge in [0.15, 0.2) is 0 Å². The van der Waals surface area contributed by atoms with Crippen LogP contribution in [0.2, 0.25) is 0 Å². The monoisotopic (exact) mass is 376 g/mol. The number of nitriles is 1. The molecule has 26 heavy (non-hydrogen) atoms. The van der Waals surface area contributed by atoms with E-state index in [1.165, 1.54) is 12.4 Å². The second kappa shape index (κ2) is 7.39. The van der Waals surface area contributed by atoms with Crippen LogP contribution in [0.5, 0.6) is 5.88 Å². The zero-order valence-electron chi connectivity index (χ0n) is 14.6. The number of H-pyrrole nitrogens is 1. The molecule has 0 amide bonds. The number of aryl methyl sites for hydroxylation is 2. The molecule has 0 aliphatic heterocycles. The number of aromatic amines is 1. The third kappa shape index (κ3) is 3.84. The van der Waals surface area contributed by atoms with Gasteiger partial charge in [0.1, 0.15) is 17.1 Å². The number of ether oxygens (including phenoxy) is 1. The van der Waals surface area contributed by atoms with Crippen LogP contribution in [0, 0.1) is 25.2 Å². The van der Waals surface area contributed by atoms with Crippen LogP contribution in [-0.4, -0.2) is 40.7 Å². The molecule has 0 aromatic carbocycles. The van der Waals surface area contributed by atoms with Gasteiger partial charge in [-0.05, 0) is 39.5 Å². The second-order valence-corrected chi connectivity index (χ2v) is 7.95. The molecule has 1 aliphatic rings. The van der Waals surface area contributed by atoms with Crippen molar-refractivity contribution in [1.29, 1.82) is 5.26 Å². The van der Waals surface area contributed by atoms with Crippen LogP contribution in [0.15, 0.2) is 17.3 Å². The predicted octanol–water partition coefficient (Wildman–Crippen LogP) is 1.36. The van der Waals surface area contributed by atoms with Crippen LogP contribution in [0.4, 0.5) is 0 Å². The van der Waals surface area contributed by atoms with Crippen molar-refractivity contribution in [2.75, 3.05) is 0 Å². The average Bonchev–Trinajstić information content (AvgIpc) is 2.96. The first-order valence-corrected chi connectivity index (χ1v) is 9.80. The molecule has 2 aromatic rings. The second-order valence-electron chi connectivity index (χ2n) is 6.30. The van der Waals surface area contributed by atoms with Crippen molar-refractivity contribution in [3.8, 4) is 11.9 Å². The molecule has 0 atom stereocenters. The highest BCUT2D eigenvalue weighted by atomic mass is 32.2. The highest BCUT2D eigenvalue weighted by Crippen LogP contribution is 2.26. The molecule has 3 rings (SSSR count). The van der Waals surface area contributed by atoms with Gasteiger partial charge >= 0.3 is 0 Å². The normalized spacial score (nSPS) is 20.5. The summed E-state index contributed by atoms with van der Waals surface area (Å²) in [5.74, 6) is 0.226. The van der Waals surface area contributed by atoms with E-state index >= 15 is 0 Å². The third-order valence-corrected chi connectivity index (χ3v) is 6.16. The van der Waals surface area contributed by atoms with Gasteiger partial charge in [0, 0.05) is 18.4 Å². The molecule has 2 heterocycles. The quantitative estimate of drug-likeness (QED) is 0.804. The molecular formula is C16H20N6O3S. The molecule has 2 aromatic heterocycles. The molecule has 0 spiro atoms. The summed E-state index contributed by atoms with van der Waals surface area (Å²) in [6.07, 6.45) is 5.42. The van der Waals surface area contributed by atoms with E-state index in [4.69, 9.17) is 10.00 Å². The summed E-state index contributed by atoms with van der Waals surface area (Å²) in [5, 5.41) is 15.7. The Bertz CT molecular complexity index is 906. The summed E-state index contributed by atoms with van der Waals surface area (Å²) in [6.45, 7) is 3.35. The van der Waals surface area contributed by atoms with Crippen LogP contribution < -0.4 is 9.46 Å². The molecule has 138 valence electrons. The smallest absolute Gasteiger partial charge is 0.251 e. The summed E-state index contributed by atoms with van der Waals surface area (Å²) in [5.41, 5.74) is 1.14. The Hall–Kier alpha value is -2.51. The minimum Gasteiger partial charge on any atom is -0.472 e. The highest BCUT2D eigenvalue weighted by molar-refractivity contribution is 7.89. The lowest BCUT2D eigenvalue weighted by Crippen LogP contribution is -2.40. The summed E-state index contributed by atoms with van der Waals surface area (Å²) in [7, 11) is -3.61. The Morgan fingerprint density at radius 3 is 2.54 bits per heavy atom. The Kier molecular flexibility index (Phi) is 5.20. The van der Waals surface area contributed by atoms with E-state index in [0.717, 1.165) is 0 Å². The summed E-state index contributed by atoms with van der Waals surface area (Å²) < 4.78 is 33.7. The van der Waals surface area contributed by atoms with E-state index in [2.05, 4.69) is 24.9 Å². The molecule has 1 saturated carbocycles. The van der Waals surface area contributed by atoms with Gasteiger partial charge in [-0.1, -0.05) is 0 Å². The van der Waals surface area contributed by atoms with E-state index in [0.29, 0.717) is 37.1 Å². The van der Waals surface area contributed by atoms with E-state index in [1.807, 2.05) is 6.07 Å². The Morgan fingerprint density at radius 1 is 1.23 bits per heavy atom. The Balaban J connectivity index is 1.60. The molecule has 1 aliphatic carbocycles. The predicted molar refractivity (Wildman–Crippen MR) is 91.8 cm³/mol. The van der Waals surface area contributed by atoms with Crippen LogP contribution in [-0.2, 0) is 10.0 Å². The molecular weight excluding hydrogens is 356 g/mol. The van der Waals surface area contributed by atoms with Gasteiger partial charge in [0.25, 0.3) is 5.88 Å². The van der Waals surface area contributed by atoms with Crippen LogP contribution in [0.3, 0.4) is 0 Å². The van der Waals surface area contributed by atoms with Crippen LogP contribution >= 0.6 is 0 Å². The maximum absolute atomic E-state index is 12.6. The van der Waals surface area contributed by atoms with E-state index in [1.54, 1.807) is 13.8 Å². The zero-order valence-corrected chi connectivity index (χ0v) is 15.4. The lowest BCUT2D eigenvalue weighted by atomic mass is 9.94. The topological polar surface area (TPSA) is 134 Å². The van der Waals surface area contributed by atoms with Crippen LogP contribution in [0.1, 0.15) is 42.8 Å². The zero-order chi connectivity index (χ0) is 18.7. The standard InChI is InChI=1S/C16H20N6O3S/c1-10-15(11(2)21-20-10)26(23,24)22-12-3-5-13(6-4-12)25-16-14(9-17)18-7-8-19-16/h7-8,12-13,22H,3-6H2,1-2H3,(H,20,21). The van der Waals surface area contributed by atoms with E-state index in [-0.39, 0.29) is 28.6 Å². The lowest BCUT2D eigenvalue weighted by molar-refractivity contribution is 0.137. The Labute approximate surface area is 151 Å². The van der Waals surface area contributed by atoms with Crippen molar-refractivity contribution in [3.05, 3.63) is 29.5 Å². The van der Waals surface area contributed by atoms with E-state index in [9.17, 15) is 8.42 Å². The first-order valence-electron chi connectivity index (χ1n) is 8.32. The number of hydrogen-bond acceptors (Lipinski definition) is 7. The van der Waals surface area contributed by atoms with Crippen LogP contribution in [0.25, 0.3) is 0 Å². The van der Waals surface area contributed by atoms with Crippen molar-refractivity contribution in [2.24, 2.45) is 0 Å². The number of aromatic nitrogens is 4. The fourth-order valence-electron chi connectivity index (χ4n) is 3.16. The van der Waals surface area contributed by atoms with Crippen molar-refractivity contribution >= 4 is 10.0 Å². The molecule has 0 radical (unpaired) electrons. The first kappa shape index (κ1) is 18.3. The van der Waals surface area contributed by atoms with Gasteiger partial charge in [-0.15, -0.1) is 0 Å².